The van der Waals surface area contributed by atoms with Gasteiger partial charge in [-0.25, -0.2) is 0 Å². The van der Waals surface area contributed by atoms with Crippen molar-refractivity contribution in [1.29, 1.82) is 0 Å². The predicted octanol–water partition coefficient (Wildman–Crippen LogP) is 9.01. The maximum atomic E-state index is 10.4. The van der Waals surface area contributed by atoms with Crippen molar-refractivity contribution in [1.82, 2.24) is 0 Å². The van der Waals surface area contributed by atoms with E-state index in [0.29, 0.717) is 6.42 Å². The van der Waals surface area contributed by atoms with Crippen LogP contribution in [0.5, 0.6) is 0 Å². The number of hydrogen-bond acceptors (Lipinski definition) is 1. The summed E-state index contributed by atoms with van der Waals surface area (Å²) in [5, 5.41) is 8.55. The van der Waals surface area contributed by atoms with E-state index < -0.39 is 5.97 Å². The monoisotopic (exact) mass is 392 g/mol. The lowest BCUT2D eigenvalue weighted by molar-refractivity contribution is -0.136. The van der Waals surface area contributed by atoms with Crippen LogP contribution in [0.4, 0.5) is 0 Å². The summed E-state index contributed by atoms with van der Waals surface area (Å²) in [5.74, 6) is -0.703. The molecule has 28 heavy (non-hydrogen) atoms. The number of carboxylic acids is 1. The molecule has 0 atom stereocenters. The lowest BCUT2D eigenvalue weighted by atomic mass is 10.0. The van der Waals surface area contributed by atoms with E-state index in [0.717, 1.165) is 6.42 Å². The number of carboxylic acid groups (broad SMARTS) is 1. The second-order valence-electron chi connectivity index (χ2n) is 8.19. The van der Waals surface area contributed by atoms with E-state index in [4.69, 9.17) is 5.11 Å². The Balaban J connectivity index is 3.08. The van der Waals surface area contributed by atoms with Gasteiger partial charge in [0.25, 0.3) is 0 Å². The van der Waals surface area contributed by atoms with Crippen LogP contribution < -0.4 is 0 Å². The summed E-state index contributed by atoms with van der Waals surface area (Å²) < 4.78 is 0. The molecular formula is C26H48O2. The maximum absolute atomic E-state index is 10.4. The highest BCUT2D eigenvalue weighted by Crippen LogP contribution is 2.13. The number of hydrogen-bond donors (Lipinski definition) is 1. The van der Waals surface area contributed by atoms with Crippen molar-refractivity contribution in [3.63, 3.8) is 0 Å². The molecule has 0 unspecified atom stereocenters. The topological polar surface area (TPSA) is 37.3 Å². The Morgan fingerprint density at radius 3 is 1.21 bits per heavy atom. The fourth-order valence-corrected chi connectivity index (χ4v) is 3.47. The largest absolute Gasteiger partial charge is 0.481 e. The number of aliphatic carboxylic acids is 1. The summed E-state index contributed by atoms with van der Waals surface area (Å²) >= 11 is 0. The normalized spacial score (nSPS) is 11.8. The Labute approximate surface area is 175 Å². The first-order valence-electron chi connectivity index (χ1n) is 12.3. The van der Waals surface area contributed by atoms with E-state index in [-0.39, 0.29) is 6.42 Å². The molecule has 0 aliphatic rings. The zero-order chi connectivity index (χ0) is 20.5. The Morgan fingerprint density at radius 2 is 0.857 bits per heavy atom. The van der Waals surface area contributed by atoms with Gasteiger partial charge in [-0.1, -0.05) is 115 Å². The van der Waals surface area contributed by atoms with Gasteiger partial charge in [-0.05, 0) is 38.5 Å². The zero-order valence-electron chi connectivity index (χ0n) is 18.8. The lowest BCUT2D eigenvalue weighted by Crippen LogP contribution is -1.91. The van der Waals surface area contributed by atoms with Crippen LogP contribution in [0.2, 0.25) is 0 Å². The summed E-state index contributed by atoms with van der Waals surface area (Å²) in [6.45, 7) is 2.26. The second-order valence-corrected chi connectivity index (χ2v) is 8.19. The zero-order valence-corrected chi connectivity index (χ0v) is 18.8. The molecule has 0 aliphatic heterocycles. The quantitative estimate of drug-likeness (QED) is 0.147. The van der Waals surface area contributed by atoms with Crippen LogP contribution in [0.15, 0.2) is 24.3 Å². The summed E-state index contributed by atoms with van der Waals surface area (Å²) in [5.41, 5.74) is 0. The molecule has 2 nitrogen and oxygen atoms in total. The van der Waals surface area contributed by atoms with Crippen molar-refractivity contribution in [2.45, 2.75) is 135 Å². The van der Waals surface area contributed by atoms with E-state index >= 15 is 0 Å². The third-order valence-electron chi connectivity index (χ3n) is 5.32. The van der Waals surface area contributed by atoms with Gasteiger partial charge in [0.1, 0.15) is 0 Å². The molecule has 0 aromatic heterocycles. The number of unbranched alkanes of at least 4 members (excludes halogenated alkanes) is 16. The molecule has 1 N–H and O–H groups in total. The molecule has 0 aliphatic carbocycles. The molecule has 0 heterocycles. The van der Waals surface area contributed by atoms with Crippen LogP contribution in [-0.2, 0) is 4.79 Å². The average molecular weight is 393 g/mol. The van der Waals surface area contributed by atoms with Crippen molar-refractivity contribution < 1.29 is 9.90 Å². The number of rotatable bonds is 22. The fraction of sp³-hybridized carbons (Fsp3) is 0.808. The third kappa shape index (κ3) is 24.9. The predicted molar refractivity (Wildman–Crippen MR) is 124 cm³/mol. The maximum Gasteiger partial charge on any atom is 0.303 e. The van der Waals surface area contributed by atoms with E-state index in [1.54, 1.807) is 0 Å². The molecule has 0 radical (unpaired) electrons. The second kappa shape index (κ2) is 24.0. The summed E-state index contributed by atoms with van der Waals surface area (Å²) in [4.78, 5) is 10.4. The van der Waals surface area contributed by atoms with Crippen molar-refractivity contribution in [3.8, 4) is 0 Å². The first-order valence-corrected chi connectivity index (χ1v) is 12.3. The summed E-state index contributed by atoms with van der Waals surface area (Å²) in [7, 11) is 0. The molecule has 0 amide bonds. The fourth-order valence-electron chi connectivity index (χ4n) is 3.47. The van der Waals surface area contributed by atoms with Gasteiger partial charge in [-0.2, -0.15) is 0 Å². The molecule has 0 rings (SSSR count). The molecular weight excluding hydrogens is 344 g/mol. The van der Waals surface area contributed by atoms with Crippen LogP contribution in [0.25, 0.3) is 0 Å². The minimum atomic E-state index is -0.703. The molecule has 164 valence electrons. The molecule has 0 spiro atoms. The van der Waals surface area contributed by atoms with Crippen LogP contribution in [0.1, 0.15) is 135 Å². The lowest BCUT2D eigenvalue weighted by Gasteiger charge is -2.03. The number of carbonyl (C=O) groups is 1. The molecule has 0 aromatic rings. The van der Waals surface area contributed by atoms with Crippen LogP contribution in [0.3, 0.4) is 0 Å². The van der Waals surface area contributed by atoms with E-state index in [9.17, 15) is 4.79 Å². The third-order valence-corrected chi connectivity index (χ3v) is 5.32. The highest BCUT2D eigenvalue weighted by Gasteiger charge is 1.94. The van der Waals surface area contributed by atoms with Gasteiger partial charge in [0.2, 0.25) is 0 Å². The smallest absolute Gasteiger partial charge is 0.303 e. The van der Waals surface area contributed by atoms with Crippen molar-refractivity contribution in [3.05, 3.63) is 24.3 Å². The summed E-state index contributed by atoms with van der Waals surface area (Å²) in [6.07, 6.45) is 34.2. The molecule has 0 bridgehead atoms. The minimum Gasteiger partial charge on any atom is -0.481 e. The van der Waals surface area contributed by atoms with Gasteiger partial charge in [0, 0.05) is 6.42 Å². The standard InChI is InChI=1S/C26H48O2/c1-2-3-4-5-6-7-8-9-10-11-12-13-14-15-16-17-18-19-20-21-22-23-24-25-26(27)28/h5-6,22-23H,2-4,7-21,24-25H2,1H3,(H,27,28)/b6-5+,23-22+. The SMILES string of the molecule is CCCC/C=C/CCCCCCCCCCCCCCC/C=C/CCC(=O)O. The molecule has 0 saturated heterocycles. The Hall–Kier alpha value is -1.05. The number of allylic oxidation sites excluding steroid dienone is 4. The van der Waals surface area contributed by atoms with Gasteiger partial charge in [0.15, 0.2) is 0 Å². The van der Waals surface area contributed by atoms with Gasteiger partial charge in [-0.3, -0.25) is 4.79 Å². The van der Waals surface area contributed by atoms with Gasteiger partial charge in [0.05, 0.1) is 0 Å². The molecule has 0 saturated carbocycles. The highest BCUT2D eigenvalue weighted by molar-refractivity contribution is 5.66. The van der Waals surface area contributed by atoms with Crippen LogP contribution >= 0.6 is 0 Å². The van der Waals surface area contributed by atoms with Gasteiger partial charge in [-0.15, -0.1) is 0 Å². The van der Waals surface area contributed by atoms with Crippen molar-refractivity contribution in [2.24, 2.45) is 0 Å². The van der Waals surface area contributed by atoms with Gasteiger partial charge >= 0.3 is 5.97 Å². The van der Waals surface area contributed by atoms with Crippen molar-refractivity contribution >= 4 is 5.97 Å². The van der Waals surface area contributed by atoms with E-state index in [2.05, 4.69) is 25.2 Å². The molecule has 2 heteroatoms. The minimum absolute atomic E-state index is 0.257. The van der Waals surface area contributed by atoms with Crippen molar-refractivity contribution in [2.75, 3.05) is 0 Å². The van der Waals surface area contributed by atoms with Crippen LogP contribution in [-0.4, -0.2) is 11.1 Å². The highest BCUT2D eigenvalue weighted by atomic mass is 16.4. The average Bonchev–Trinajstić information content (AvgIpc) is 2.68. The van der Waals surface area contributed by atoms with Crippen LogP contribution in [0, 0.1) is 0 Å². The van der Waals surface area contributed by atoms with E-state index in [1.807, 2.05) is 6.08 Å². The first kappa shape index (κ1) is 27.0. The summed E-state index contributed by atoms with van der Waals surface area (Å²) in [6, 6.07) is 0. The first-order chi connectivity index (χ1) is 13.8. The molecule has 0 fully saturated rings. The Bertz CT molecular complexity index is 371. The Kier molecular flexibility index (Phi) is 23.1. The molecule has 0 aromatic carbocycles. The van der Waals surface area contributed by atoms with Gasteiger partial charge < -0.3 is 5.11 Å². The Morgan fingerprint density at radius 1 is 0.536 bits per heavy atom. The van der Waals surface area contributed by atoms with E-state index in [1.165, 1.54) is 109 Å².